The van der Waals surface area contributed by atoms with Gasteiger partial charge in [0.25, 0.3) is 0 Å². The molecule has 7 heteroatoms. The van der Waals surface area contributed by atoms with Crippen molar-refractivity contribution < 1.29 is 23.7 Å². The van der Waals surface area contributed by atoms with Crippen LogP contribution in [0.2, 0.25) is 0 Å². The lowest BCUT2D eigenvalue weighted by atomic mass is 10.1. The minimum Gasteiger partial charge on any atom is -0.493 e. The van der Waals surface area contributed by atoms with Crippen LogP contribution < -0.4 is 24.3 Å². The fourth-order valence-electron chi connectivity index (χ4n) is 3.52. The minimum absolute atomic E-state index is 0.246. The second-order valence-electron chi connectivity index (χ2n) is 7.39. The third-order valence-corrected chi connectivity index (χ3v) is 5.24. The Morgan fingerprint density at radius 2 is 1.65 bits per heavy atom. The first-order valence-electron chi connectivity index (χ1n) is 10.3. The molecule has 0 aliphatic carbocycles. The Bertz CT molecular complexity index is 903. The lowest BCUT2D eigenvalue weighted by Gasteiger charge is -2.29. The molecule has 1 saturated heterocycles. The van der Waals surface area contributed by atoms with Crippen LogP contribution in [0.5, 0.6) is 23.0 Å². The van der Waals surface area contributed by atoms with Crippen molar-refractivity contribution in [3.05, 3.63) is 48.0 Å². The van der Waals surface area contributed by atoms with Crippen molar-refractivity contribution in [2.24, 2.45) is 0 Å². The average molecular weight is 427 g/mol. The highest BCUT2D eigenvalue weighted by molar-refractivity contribution is 6.02. The molecule has 0 saturated carbocycles. The van der Waals surface area contributed by atoms with Crippen LogP contribution in [-0.2, 0) is 4.79 Å². The van der Waals surface area contributed by atoms with Crippen molar-refractivity contribution in [2.75, 3.05) is 46.8 Å². The summed E-state index contributed by atoms with van der Waals surface area (Å²) in [5.74, 6) is 2.11. The maximum Gasteiger partial charge on any atom is 0.248 e. The molecule has 7 nitrogen and oxygen atoms in total. The Morgan fingerprint density at radius 3 is 2.26 bits per heavy atom. The lowest BCUT2D eigenvalue weighted by molar-refractivity contribution is -0.111. The molecule has 1 aliphatic rings. The fraction of sp³-hybridized carbons (Fsp3) is 0.375. The van der Waals surface area contributed by atoms with Crippen molar-refractivity contribution in [3.8, 4) is 23.0 Å². The minimum atomic E-state index is -0.249. The number of ether oxygens (including phenoxy) is 4. The molecule has 2 aromatic carbocycles. The number of anilines is 1. The fourth-order valence-corrected chi connectivity index (χ4v) is 3.52. The van der Waals surface area contributed by atoms with Crippen LogP contribution >= 0.6 is 0 Å². The number of piperidine rings is 1. The monoisotopic (exact) mass is 426 g/mol. The van der Waals surface area contributed by atoms with Gasteiger partial charge in [0.1, 0.15) is 11.9 Å². The van der Waals surface area contributed by atoms with E-state index in [1.807, 2.05) is 24.3 Å². The van der Waals surface area contributed by atoms with Gasteiger partial charge in [-0.3, -0.25) is 4.79 Å². The number of benzene rings is 2. The smallest absolute Gasteiger partial charge is 0.248 e. The topological polar surface area (TPSA) is 69.3 Å². The molecule has 1 fully saturated rings. The molecular weight excluding hydrogens is 396 g/mol. The number of carbonyl (C=O) groups is 1. The van der Waals surface area contributed by atoms with Crippen LogP contribution in [0.15, 0.2) is 42.5 Å². The number of rotatable bonds is 8. The highest BCUT2D eigenvalue weighted by atomic mass is 16.5. The zero-order chi connectivity index (χ0) is 22.2. The van der Waals surface area contributed by atoms with Crippen molar-refractivity contribution in [1.82, 2.24) is 4.90 Å². The first-order chi connectivity index (χ1) is 15.0. The molecular formula is C24H30N2O5. The Balaban J connectivity index is 1.60. The largest absolute Gasteiger partial charge is 0.493 e. The maximum absolute atomic E-state index is 12.4. The lowest BCUT2D eigenvalue weighted by Crippen LogP contribution is -2.35. The van der Waals surface area contributed by atoms with Crippen molar-refractivity contribution in [2.45, 2.75) is 18.9 Å². The Kier molecular flexibility index (Phi) is 7.78. The summed E-state index contributed by atoms with van der Waals surface area (Å²) in [7, 11) is 6.78. The standard InChI is InChI=1S/C24H30N2O5/c1-26-15-13-20(14-16-26)31-19-9-7-18(8-10-19)25-22(27)12-6-17-5-11-21(28-2)24(30-4)23(17)29-3/h5-12,20H,13-16H2,1-4H3,(H,25,27)/b12-6+. The van der Waals surface area contributed by atoms with Crippen LogP contribution in [0.25, 0.3) is 6.08 Å². The van der Waals surface area contributed by atoms with E-state index in [1.54, 1.807) is 39.5 Å². The van der Waals surface area contributed by atoms with Gasteiger partial charge in [-0.05, 0) is 62.4 Å². The van der Waals surface area contributed by atoms with E-state index in [4.69, 9.17) is 18.9 Å². The number of nitrogens with one attached hydrogen (secondary N) is 1. The molecule has 0 unspecified atom stereocenters. The van der Waals surface area contributed by atoms with Crippen molar-refractivity contribution in [1.29, 1.82) is 0 Å². The van der Waals surface area contributed by atoms with Gasteiger partial charge in [-0.1, -0.05) is 0 Å². The van der Waals surface area contributed by atoms with Gasteiger partial charge in [0.15, 0.2) is 11.5 Å². The van der Waals surface area contributed by atoms with Gasteiger partial charge in [-0.15, -0.1) is 0 Å². The summed E-state index contributed by atoms with van der Waals surface area (Å²) in [5, 5.41) is 2.85. The first kappa shape index (κ1) is 22.5. The van der Waals surface area contributed by atoms with Gasteiger partial charge in [0.05, 0.1) is 21.3 Å². The predicted molar refractivity (Wildman–Crippen MR) is 121 cm³/mol. The van der Waals surface area contributed by atoms with Gasteiger partial charge in [-0.25, -0.2) is 0 Å². The van der Waals surface area contributed by atoms with E-state index in [0.29, 0.717) is 28.5 Å². The number of carbonyl (C=O) groups excluding carboxylic acids is 1. The summed E-state index contributed by atoms with van der Waals surface area (Å²) < 4.78 is 22.1. The molecule has 0 atom stereocenters. The summed E-state index contributed by atoms with van der Waals surface area (Å²) in [6, 6.07) is 11.0. The zero-order valence-corrected chi connectivity index (χ0v) is 18.5. The Labute approximate surface area is 183 Å². The molecule has 0 spiro atoms. The predicted octanol–water partition coefficient (Wildman–Crippen LogP) is 3.84. The van der Waals surface area contributed by atoms with E-state index in [-0.39, 0.29) is 12.0 Å². The molecule has 1 aliphatic heterocycles. The number of amides is 1. The van der Waals surface area contributed by atoms with Gasteiger partial charge < -0.3 is 29.2 Å². The van der Waals surface area contributed by atoms with E-state index >= 15 is 0 Å². The maximum atomic E-state index is 12.4. The number of methoxy groups -OCH3 is 3. The average Bonchev–Trinajstić information content (AvgIpc) is 2.79. The number of likely N-dealkylation sites (tertiary alicyclic amines) is 1. The van der Waals surface area contributed by atoms with Crippen LogP contribution in [-0.4, -0.2) is 58.4 Å². The molecule has 0 bridgehead atoms. The quantitative estimate of drug-likeness (QED) is 0.647. The Hall–Kier alpha value is -3.19. The molecule has 2 aromatic rings. The van der Waals surface area contributed by atoms with E-state index in [9.17, 15) is 4.79 Å². The van der Waals surface area contributed by atoms with E-state index in [1.165, 1.54) is 6.08 Å². The zero-order valence-electron chi connectivity index (χ0n) is 18.5. The molecule has 1 N–H and O–H groups in total. The van der Waals surface area contributed by atoms with Crippen LogP contribution in [0, 0.1) is 0 Å². The van der Waals surface area contributed by atoms with Crippen LogP contribution in [0.1, 0.15) is 18.4 Å². The van der Waals surface area contributed by atoms with Gasteiger partial charge in [0.2, 0.25) is 11.7 Å². The van der Waals surface area contributed by atoms with E-state index < -0.39 is 0 Å². The summed E-state index contributed by atoms with van der Waals surface area (Å²) in [4.78, 5) is 14.7. The SMILES string of the molecule is COc1ccc(/C=C/C(=O)Nc2ccc(OC3CCN(C)CC3)cc2)c(OC)c1OC. The van der Waals surface area contributed by atoms with Crippen LogP contribution in [0.4, 0.5) is 5.69 Å². The van der Waals surface area contributed by atoms with E-state index in [0.717, 1.165) is 31.7 Å². The second kappa shape index (κ2) is 10.7. The molecule has 0 radical (unpaired) electrons. The number of hydrogen-bond acceptors (Lipinski definition) is 6. The van der Waals surface area contributed by atoms with Crippen molar-refractivity contribution >= 4 is 17.7 Å². The third kappa shape index (κ3) is 5.92. The normalized spacial score (nSPS) is 15.0. The van der Waals surface area contributed by atoms with Gasteiger partial charge in [-0.2, -0.15) is 0 Å². The summed E-state index contributed by atoms with van der Waals surface area (Å²) in [6.07, 6.45) is 5.43. The molecule has 31 heavy (non-hydrogen) atoms. The highest BCUT2D eigenvalue weighted by Gasteiger charge is 2.18. The molecule has 0 aromatic heterocycles. The summed E-state index contributed by atoms with van der Waals surface area (Å²) >= 11 is 0. The Morgan fingerprint density at radius 1 is 0.968 bits per heavy atom. The van der Waals surface area contributed by atoms with Gasteiger partial charge in [0, 0.05) is 30.4 Å². The molecule has 1 amide bonds. The highest BCUT2D eigenvalue weighted by Crippen LogP contribution is 2.40. The van der Waals surface area contributed by atoms with E-state index in [2.05, 4.69) is 17.3 Å². The molecule has 3 rings (SSSR count). The first-order valence-corrected chi connectivity index (χ1v) is 10.3. The number of nitrogens with zero attached hydrogens (tertiary/aromatic N) is 1. The molecule has 1 heterocycles. The molecule has 166 valence electrons. The second-order valence-corrected chi connectivity index (χ2v) is 7.39. The third-order valence-electron chi connectivity index (χ3n) is 5.24. The summed E-state index contributed by atoms with van der Waals surface area (Å²) in [5.41, 5.74) is 1.40. The van der Waals surface area contributed by atoms with Crippen molar-refractivity contribution in [3.63, 3.8) is 0 Å². The summed E-state index contributed by atoms with van der Waals surface area (Å²) in [6.45, 7) is 2.10. The number of hydrogen-bond donors (Lipinski definition) is 1. The van der Waals surface area contributed by atoms with Crippen LogP contribution in [0.3, 0.4) is 0 Å². The van der Waals surface area contributed by atoms with Gasteiger partial charge >= 0.3 is 0 Å².